The average Bonchev–Trinajstić information content (AvgIpc) is 3.44. The summed E-state index contributed by atoms with van der Waals surface area (Å²) in [6, 6.07) is 0. The van der Waals surface area contributed by atoms with E-state index >= 15 is 0 Å². The van der Waals surface area contributed by atoms with Crippen LogP contribution in [0.1, 0.15) is 30.3 Å². The van der Waals surface area contributed by atoms with E-state index in [0.717, 1.165) is 24.0 Å². The van der Waals surface area contributed by atoms with Gasteiger partial charge in [0.15, 0.2) is 0 Å². The van der Waals surface area contributed by atoms with Gasteiger partial charge in [-0.25, -0.2) is 4.68 Å². The van der Waals surface area contributed by atoms with Gasteiger partial charge in [-0.15, -0.1) is 9.47 Å². The molecule has 0 spiro atoms. The number of aryl methyl sites for hydroxylation is 1. The van der Waals surface area contributed by atoms with Gasteiger partial charge in [-0.3, -0.25) is 0 Å². The van der Waals surface area contributed by atoms with Crippen LogP contribution in [0, 0.1) is 12.8 Å². The van der Waals surface area contributed by atoms with E-state index in [9.17, 15) is 0 Å². The molecule has 11 nitrogen and oxygen atoms in total. The molecular weight excluding hydrogens is 422 g/mol. The Hall–Kier alpha value is -1.73. The SMILES string of the molecule is Cc1nnnn1CCOCCOCCOCCOc1nsnc1C1CN2CCC1CC2. The van der Waals surface area contributed by atoms with Gasteiger partial charge in [0.25, 0.3) is 0 Å². The maximum Gasteiger partial charge on any atom is 0.249 e. The summed E-state index contributed by atoms with van der Waals surface area (Å²) in [6.07, 6.45) is 2.52. The Balaban J connectivity index is 1.00. The van der Waals surface area contributed by atoms with Gasteiger partial charge in [-0.05, 0) is 49.2 Å². The number of hydrogen-bond acceptors (Lipinski definition) is 11. The van der Waals surface area contributed by atoms with Crippen molar-refractivity contribution in [1.29, 1.82) is 0 Å². The van der Waals surface area contributed by atoms with Crippen LogP contribution in [-0.2, 0) is 20.8 Å². The highest BCUT2D eigenvalue weighted by Crippen LogP contribution is 2.41. The van der Waals surface area contributed by atoms with E-state index in [4.69, 9.17) is 18.9 Å². The second-order valence-corrected chi connectivity index (χ2v) is 8.36. The molecule has 1 atom stereocenters. The van der Waals surface area contributed by atoms with Crippen molar-refractivity contribution in [3.63, 3.8) is 0 Å². The Morgan fingerprint density at radius 3 is 2.29 bits per heavy atom. The predicted octanol–water partition coefficient (Wildman–Crippen LogP) is 0.771. The fraction of sp³-hybridized carbons (Fsp3) is 0.842. The van der Waals surface area contributed by atoms with Crippen molar-refractivity contribution >= 4 is 11.7 Å². The summed E-state index contributed by atoms with van der Waals surface area (Å²) >= 11 is 1.24. The predicted molar refractivity (Wildman–Crippen MR) is 112 cm³/mol. The van der Waals surface area contributed by atoms with E-state index in [1.54, 1.807) is 4.68 Å². The first kappa shape index (κ1) is 22.5. The molecule has 5 rings (SSSR count). The van der Waals surface area contributed by atoms with E-state index in [-0.39, 0.29) is 0 Å². The highest BCUT2D eigenvalue weighted by molar-refractivity contribution is 6.99. The Kier molecular flexibility index (Phi) is 8.53. The van der Waals surface area contributed by atoms with E-state index in [0.29, 0.717) is 64.6 Å². The molecule has 5 heterocycles. The normalized spacial score (nSPS) is 22.8. The minimum atomic E-state index is 0.463. The molecule has 0 radical (unpaired) electrons. The van der Waals surface area contributed by atoms with Gasteiger partial charge in [0.05, 0.1) is 57.9 Å². The molecule has 0 saturated carbocycles. The molecule has 31 heavy (non-hydrogen) atoms. The van der Waals surface area contributed by atoms with Gasteiger partial charge in [-0.2, -0.15) is 4.37 Å². The van der Waals surface area contributed by atoms with Crippen LogP contribution in [-0.4, -0.2) is 99.7 Å². The summed E-state index contributed by atoms with van der Waals surface area (Å²) in [6.45, 7) is 9.66. The van der Waals surface area contributed by atoms with Crippen LogP contribution in [0.15, 0.2) is 0 Å². The Labute approximate surface area is 186 Å². The molecule has 3 aliphatic heterocycles. The van der Waals surface area contributed by atoms with Gasteiger partial charge in [0, 0.05) is 12.5 Å². The van der Waals surface area contributed by atoms with Crippen molar-refractivity contribution in [2.24, 2.45) is 5.92 Å². The highest BCUT2D eigenvalue weighted by atomic mass is 32.1. The topological polar surface area (TPSA) is 110 Å². The van der Waals surface area contributed by atoms with Crippen molar-refractivity contribution in [1.82, 2.24) is 33.9 Å². The summed E-state index contributed by atoms with van der Waals surface area (Å²) in [5.74, 6) is 2.65. The Morgan fingerprint density at radius 2 is 1.65 bits per heavy atom. The fourth-order valence-corrected chi connectivity index (χ4v) is 4.70. The Morgan fingerprint density at radius 1 is 0.935 bits per heavy atom. The maximum atomic E-state index is 5.87. The molecule has 0 N–H and O–H groups in total. The molecule has 3 fully saturated rings. The number of hydrogen-bond donors (Lipinski definition) is 0. The minimum absolute atomic E-state index is 0.463. The van der Waals surface area contributed by atoms with Crippen molar-refractivity contribution in [3.8, 4) is 5.88 Å². The summed E-state index contributed by atoms with van der Waals surface area (Å²) in [7, 11) is 0. The summed E-state index contributed by atoms with van der Waals surface area (Å²) in [5, 5.41) is 11.3. The zero-order valence-corrected chi connectivity index (χ0v) is 18.8. The fourth-order valence-electron chi connectivity index (χ4n) is 4.13. The summed E-state index contributed by atoms with van der Waals surface area (Å²) in [4.78, 5) is 2.53. The zero-order chi connectivity index (χ0) is 21.3. The number of nitrogens with zero attached hydrogens (tertiary/aromatic N) is 7. The third-order valence-corrected chi connectivity index (χ3v) is 6.38. The smallest absolute Gasteiger partial charge is 0.249 e. The van der Waals surface area contributed by atoms with Crippen molar-refractivity contribution in [2.45, 2.75) is 32.2 Å². The molecule has 0 aromatic carbocycles. The molecule has 3 saturated heterocycles. The monoisotopic (exact) mass is 453 g/mol. The van der Waals surface area contributed by atoms with Crippen LogP contribution in [0.2, 0.25) is 0 Å². The molecular formula is C19H31N7O4S. The molecule has 2 aromatic heterocycles. The van der Waals surface area contributed by atoms with Crippen LogP contribution in [0.4, 0.5) is 0 Å². The first-order valence-electron chi connectivity index (χ1n) is 10.9. The van der Waals surface area contributed by atoms with Crippen molar-refractivity contribution in [3.05, 3.63) is 11.5 Å². The number of ether oxygens (including phenoxy) is 4. The largest absolute Gasteiger partial charge is 0.473 e. The van der Waals surface area contributed by atoms with Crippen LogP contribution in [0.5, 0.6) is 5.88 Å². The molecule has 172 valence electrons. The van der Waals surface area contributed by atoms with Crippen molar-refractivity contribution < 1.29 is 18.9 Å². The highest BCUT2D eigenvalue weighted by Gasteiger charge is 2.38. The molecule has 2 bridgehead atoms. The molecule has 0 amide bonds. The van der Waals surface area contributed by atoms with Crippen LogP contribution >= 0.6 is 11.7 Å². The van der Waals surface area contributed by atoms with Gasteiger partial charge >= 0.3 is 0 Å². The second-order valence-electron chi connectivity index (χ2n) is 7.83. The maximum absolute atomic E-state index is 5.87. The van der Waals surface area contributed by atoms with Crippen LogP contribution in [0.25, 0.3) is 0 Å². The standard InChI is InChI=1S/C19H31N7O4S/c1-15-20-23-24-26(15)6-7-27-8-9-28-10-11-29-12-13-30-19-18(21-31-22-19)17-14-25-4-2-16(17)3-5-25/h16-17H,2-14H2,1H3. The zero-order valence-electron chi connectivity index (χ0n) is 18.0. The number of aromatic nitrogens is 6. The van der Waals surface area contributed by atoms with Crippen molar-refractivity contribution in [2.75, 3.05) is 65.9 Å². The lowest BCUT2D eigenvalue weighted by Crippen LogP contribution is -2.46. The van der Waals surface area contributed by atoms with Gasteiger partial charge < -0.3 is 23.8 Å². The second kappa shape index (κ2) is 11.8. The van der Waals surface area contributed by atoms with E-state index in [1.807, 2.05) is 6.92 Å². The van der Waals surface area contributed by atoms with Gasteiger partial charge in [-0.1, -0.05) is 0 Å². The number of tetrazole rings is 1. The first-order valence-corrected chi connectivity index (χ1v) is 11.7. The van der Waals surface area contributed by atoms with E-state index in [1.165, 1.54) is 37.7 Å². The quantitative estimate of drug-likeness (QED) is 0.380. The number of fused-ring (bicyclic) bond motifs is 3. The number of piperidine rings is 3. The van der Waals surface area contributed by atoms with Gasteiger partial charge in [0.2, 0.25) is 5.88 Å². The number of rotatable bonds is 14. The lowest BCUT2D eigenvalue weighted by Gasteiger charge is -2.44. The molecule has 0 aliphatic carbocycles. The molecule has 12 heteroatoms. The van der Waals surface area contributed by atoms with Gasteiger partial charge in [0.1, 0.15) is 18.1 Å². The summed E-state index contributed by atoms with van der Waals surface area (Å²) < 4.78 is 33.1. The molecule has 3 aliphatic rings. The minimum Gasteiger partial charge on any atom is -0.473 e. The average molecular weight is 454 g/mol. The van der Waals surface area contributed by atoms with Crippen LogP contribution in [0.3, 0.4) is 0 Å². The third-order valence-electron chi connectivity index (χ3n) is 5.86. The third kappa shape index (κ3) is 6.39. The first-order chi connectivity index (χ1) is 15.3. The van der Waals surface area contributed by atoms with E-state index in [2.05, 4.69) is 29.2 Å². The lowest BCUT2D eigenvalue weighted by molar-refractivity contribution is 0.00738. The lowest BCUT2D eigenvalue weighted by atomic mass is 9.77. The summed E-state index contributed by atoms with van der Waals surface area (Å²) in [5.41, 5.74) is 1.04. The van der Waals surface area contributed by atoms with Crippen LogP contribution < -0.4 is 4.74 Å². The molecule has 1 unspecified atom stereocenters. The Bertz CT molecular complexity index is 781. The molecule has 2 aromatic rings. The van der Waals surface area contributed by atoms with E-state index < -0.39 is 0 Å².